The predicted octanol–water partition coefficient (Wildman–Crippen LogP) is 2.17. The predicted molar refractivity (Wildman–Crippen MR) is 66.2 cm³/mol. The van der Waals surface area contributed by atoms with E-state index in [2.05, 4.69) is 0 Å². The fourth-order valence-electron chi connectivity index (χ4n) is 1.62. The monoisotopic (exact) mass is 256 g/mol. The molecule has 2 N–H and O–H groups in total. The van der Waals surface area contributed by atoms with Crippen molar-refractivity contribution in [2.24, 2.45) is 5.73 Å². The summed E-state index contributed by atoms with van der Waals surface area (Å²) in [4.78, 5) is 13.4. The SMILES string of the molecule is CN(CCCCCN)C(=O)c1ccc(F)c(F)c1. The molecule has 0 saturated heterocycles. The first-order chi connectivity index (χ1) is 8.56. The van der Waals surface area contributed by atoms with E-state index < -0.39 is 11.6 Å². The standard InChI is InChI=1S/C13H18F2N2O/c1-17(8-4-2-3-7-16)13(18)10-5-6-11(14)12(15)9-10/h5-6,9H,2-4,7-8,16H2,1H3. The molecule has 0 spiro atoms. The molecule has 0 aromatic heterocycles. The number of hydrogen-bond donors (Lipinski definition) is 1. The summed E-state index contributed by atoms with van der Waals surface area (Å²) in [6.45, 7) is 1.22. The molecule has 0 aliphatic heterocycles. The van der Waals surface area contributed by atoms with Crippen molar-refractivity contribution in [2.75, 3.05) is 20.1 Å². The zero-order chi connectivity index (χ0) is 13.5. The molecule has 1 aromatic rings. The van der Waals surface area contributed by atoms with Gasteiger partial charge in [-0.05, 0) is 37.6 Å². The largest absolute Gasteiger partial charge is 0.342 e. The van der Waals surface area contributed by atoms with Crippen molar-refractivity contribution >= 4 is 5.91 Å². The molecule has 0 atom stereocenters. The van der Waals surface area contributed by atoms with Gasteiger partial charge in [-0.15, -0.1) is 0 Å². The van der Waals surface area contributed by atoms with Gasteiger partial charge in [0.05, 0.1) is 0 Å². The number of nitrogens with zero attached hydrogens (tertiary/aromatic N) is 1. The van der Waals surface area contributed by atoms with Gasteiger partial charge in [-0.1, -0.05) is 6.42 Å². The summed E-state index contributed by atoms with van der Waals surface area (Å²) in [5.74, 6) is -2.25. The van der Waals surface area contributed by atoms with Gasteiger partial charge in [-0.3, -0.25) is 4.79 Å². The molecule has 0 radical (unpaired) electrons. The molecule has 1 rings (SSSR count). The lowest BCUT2D eigenvalue weighted by molar-refractivity contribution is 0.0792. The van der Waals surface area contributed by atoms with E-state index >= 15 is 0 Å². The number of carbonyl (C=O) groups excluding carboxylic acids is 1. The number of hydrogen-bond acceptors (Lipinski definition) is 2. The van der Waals surface area contributed by atoms with Gasteiger partial charge in [-0.25, -0.2) is 8.78 Å². The molecule has 0 aliphatic rings. The first kappa shape index (κ1) is 14.6. The minimum atomic E-state index is -1.00. The zero-order valence-corrected chi connectivity index (χ0v) is 10.5. The summed E-state index contributed by atoms with van der Waals surface area (Å²) in [5, 5.41) is 0. The minimum absolute atomic E-state index is 0.162. The highest BCUT2D eigenvalue weighted by Gasteiger charge is 2.13. The Kier molecular flexibility index (Phi) is 5.71. The highest BCUT2D eigenvalue weighted by molar-refractivity contribution is 5.94. The first-order valence-corrected chi connectivity index (χ1v) is 5.97. The van der Waals surface area contributed by atoms with Crippen molar-refractivity contribution in [3.8, 4) is 0 Å². The number of benzene rings is 1. The fraction of sp³-hybridized carbons (Fsp3) is 0.462. The van der Waals surface area contributed by atoms with Crippen LogP contribution in [0.3, 0.4) is 0 Å². The molecule has 0 unspecified atom stereocenters. The van der Waals surface area contributed by atoms with E-state index in [1.165, 1.54) is 11.0 Å². The van der Waals surface area contributed by atoms with E-state index in [1.54, 1.807) is 7.05 Å². The van der Waals surface area contributed by atoms with Crippen molar-refractivity contribution in [3.05, 3.63) is 35.4 Å². The number of nitrogens with two attached hydrogens (primary N) is 1. The number of halogens is 2. The smallest absolute Gasteiger partial charge is 0.253 e. The molecule has 0 aliphatic carbocycles. The Labute approximate surface area is 106 Å². The quantitative estimate of drug-likeness (QED) is 0.793. The second-order valence-electron chi connectivity index (χ2n) is 4.20. The van der Waals surface area contributed by atoms with Crippen LogP contribution in [0.2, 0.25) is 0 Å². The third-order valence-electron chi connectivity index (χ3n) is 2.71. The summed E-state index contributed by atoms with van der Waals surface area (Å²) in [6, 6.07) is 3.18. The third-order valence-corrected chi connectivity index (χ3v) is 2.71. The van der Waals surface area contributed by atoms with Crippen LogP contribution in [0.5, 0.6) is 0 Å². The summed E-state index contributed by atoms with van der Waals surface area (Å²) < 4.78 is 25.7. The van der Waals surface area contributed by atoms with Gasteiger partial charge in [0.2, 0.25) is 0 Å². The molecule has 1 aromatic carbocycles. The van der Waals surface area contributed by atoms with Gasteiger partial charge < -0.3 is 10.6 Å². The molecular formula is C13H18F2N2O. The molecule has 18 heavy (non-hydrogen) atoms. The van der Waals surface area contributed by atoms with Crippen molar-refractivity contribution < 1.29 is 13.6 Å². The fourth-order valence-corrected chi connectivity index (χ4v) is 1.62. The van der Waals surface area contributed by atoms with Crippen molar-refractivity contribution in [1.82, 2.24) is 4.90 Å². The van der Waals surface area contributed by atoms with Crippen LogP contribution in [0.4, 0.5) is 8.78 Å². The van der Waals surface area contributed by atoms with Gasteiger partial charge in [0.25, 0.3) is 5.91 Å². The van der Waals surface area contributed by atoms with Crippen LogP contribution in [0.25, 0.3) is 0 Å². The molecule has 0 saturated carbocycles. The Morgan fingerprint density at radius 1 is 1.22 bits per heavy atom. The summed E-state index contributed by atoms with van der Waals surface area (Å²) >= 11 is 0. The Bertz CT molecular complexity index is 410. The topological polar surface area (TPSA) is 46.3 Å². The van der Waals surface area contributed by atoms with Crippen LogP contribution >= 0.6 is 0 Å². The summed E-state index contributed by atoms with van der Waals surface area (Å²) in [7, 11) is 1.64. The van der Waals surface area contributed by atoms with Gasteiger partial charge in [0.15, 0.2) is 11.6 Å². The van der Waals surface area contributed by atoms with E-state index in [0.29, 0.717) is 13.1 Å². The maximum Gasteiger partial charge on any atom is 0.253 e. The zero-order valence-electron chi connectivity index (χ0n) is 10.5. The van der Waals surface area contributed by atoms with Gasteiger partial charge in [0.1, 0.15) is 0 Å². The van der Waals surface area contributed by atoms with Crippen LogP contribution in [0.1, 0.15) is 29.6 Å². The van der Waals surface area contributed by atoms with E-state index in [0.717, 1.165) is 31.4 Å². The Balaban J connectivity index is 2.54. The van der Waals surface area contributed by atoms with Gasteiger partial charge in [-0.2, -0.15) is 0 Å². The lowest BCUT2D eigenvalue weighted by Crippen LogP contribution is -2.28. The first-order valence-electron chi connectivity index (χ1n) is 5.97. The second-order valence-corrected chi connectivity index (χ2v) is 4.20. The lowest BCUT2D eigenvalue weighted by Gasteiger charge is -2.17. The van der Waals surface area contributed by atoms with Crippen molar-refractivity contribution in [3.63, 3.8) is 0 Å². The average Bonchev–Trinajstić information content (AvgIpc) is 2.37. The summed E-state index contributed by atoms with van der Waals surface area (Å²) in [6.07, 6.45) is 2.72. The molecular weight excluding hydrogens is 238 g/mol. The third kappa shape index (κ3) is 4.07. The molecule has 5 heteroatoms. The Hall–Kier alpha value is -1.49. The maximum atomic E-state index is 13.0. The Morgan fingerprint density at radius 2 is 1.94 bits per heavy atom. The highest BCUT2D eigenvalue weighted by Crippen LogP contribution is 2.11. The number of unbranched alkanes of at least 4 members (excludes halogenated alkanes) is 2. The lowest BCUT2D eigenvalue weighted by atomic mass is 10.1. The van der Waals surface area contributed by atoms with Crippen molar-refractivity contribution in [1.29, 1.82) is 0 Å². The van der Waals surface area contributed by atoms with Crippen LogP contribution in [0.15, 0.2) is 18.2 Å². The highest BCUT2D eigenvalue weighted by atomic mass is 19.2. The number of rotatable bonds is 6. The molecule has 0 fully saturated rings. The van der Waals surface area contributed by atoms with Gasteiger partial charge >= 0.3 is 0 Å². The average molecular weight is 256 g/mol. The van der Waals surface area contributed by atoms with E-state index in [-0.39, 0.29) is 11.5 Å². The van der Waals surface area contributed by atoms with Crippen LogP contribution in [-0.2, 0) is 0 Å². The number of carbonyl (C=O) groups is 1. The normalized spacial score (nSPS) is 10.4. The minimum Gasteiger partial charge on any atom is -0.342 e. The molecule has 1 amide bonds. The van der Waals surface area contributed by atoms with E-state index in [4.69, 9.17) is 5.73 Å². The molecule has 0 heterocycles. The van der Waals surface area contributed by atoms with E-state index in [1.807, 2.05) is 0 Å². The van der Waals surface area contributed by atoms with E-state index in [9.17, 15) is 13.6 Å². The van der Waals surface area contributed by atoms with Crippen LogP contribution < -0.4 is 5.73 Å². The summed E-state index contributed by atoms with van der Waals surface area (Å²) in [5.41, 5.74) is 5.53. The molecule has 3 nitrogen and oxygen atoms in total. The Morgan fingerprint density at radius 3 is 2.56 bits per heavy atom. The van der Waals surface area contributed by atoms with Crippen LogP contribution in [-0.4, -0.2) is 30.9 Å². The number of amides is 1. The van der Waals surface area contributed by atoms with Gasteiger partial charge in [0, 0.05) is 19.2 Å². The molecule has 0 bridgehead atoms. The maximum absolute atomic E-state index is 13.0. The second kappa shape index (κ2) is 7.06. The molecule has 100 valence electrons. The van der Waals surface area contributed by atoms with Crippen LogP contribution in [0, 0.1) is 11.6 Å². The van der Waals surface area contributed by atoms with Crippen molar-refractivity contribution in [2.45, 2.75) is 19.3 Å².